The Balaban J connectivity index is 0.000000217. The van der Waals surface area contributed by atoms with Crippen molar-refractivity contribution in [3.8, 4) is 11.5 Å². The quantitative estimate of drug-likeness (QED) is 0.0412. The van der Waals surface area contributed by atoms with Crippen molar-refractivity contribution >= 4 is 23.6 Å². The number of ether oxygens (including phenoxy) is 2. The Morgan fingerprint density at radius 2 is 1.05 bits per heavy atom. The van der Waals surface area contributed by atoms with Gasteiger partial charge in [0.05, 0.1) is 26.9 Å². The Morgan fingerprint density at radius 3 is 1.50 bits per heavy atom. The molecule has 14 nitrogen and oxygen atoms in total. The molecule has 2 fully saturated rings. The van der Waals surface area contributed by atoms with Gasteiger partial charge in [0.2, 0.25) is 23.6 Å². The fourth-order valence-corrected chi connectivity index (χ4v) is 10.5. The molecule has 14 heteroatoms. The summed E-state index contributed by atoms with van der Waals surface area (Å²) in [6.45, 7) is 9.30. The third kappa shape index (κ3) is 14.5. The number of carbonyl (C=O) groups excluding carboxylic acids is 4. The molecular weight excluding hydrogens is 929 g/mol. The molecule has 8 rings (SSSR count). The van der Waals surface area contributed by atoms with Crippen LogP contribution in [0.15, 0.2) is 128 Å². The van der Waals surface area contributed by atoms with E-state index in [1.54, 1.807) is 39.3 Å². The number of rotatable bonds is 25. The summed E-state index contributed by atoms with van der Waals surface area (Å²) in [6.07, 6.45) is 17.0. The highest BCUT2D eigenvalue weighted by atomic mass is 16.5. The maximum Gasteiger partial charge on any atom is 0.245 e. The van der Waals surface area contributed by atoms with Crippen LogP contribution in [0.4, 0.5) is 0 Å². The summed E-state index contributed by atoms with van der Waals surface area (Å²) in [5.41, 5.74) is 7.63. The molecule has 2 atom stereocenters. The molecule has 6 aromatic rings. The highest BCUT2D eigenvalue weighted by Crippen LogP contribution is 2.42. The number of carbonyl (C=O) groups is 4. The molecule has 4 amide bonds. The molecule has 2 aliphatic rings. The second-order valence-electron chi connectivity index (χ2n) is 20.2. The van der Waals surface area contributed by atoms with E-state index in [0.717, 1.165) is 66.1 Å². The Bertz CT molecular complexity index is 2660. The summed E-state index contributed by atoms with van der Waals surface area (Å²) in [5.74, 6) is 1.20. The zero-order valence-corrected chi connectivity index (χ0v) is 44.0. The molecule has 2 saturated heterocycles. The number of likely N-dealkylation sites (tertiary alicyclic amines) is 2. The largest absolute Gasteiger partial charge is 0.497 e. The number of nitrogens with zero attached hydrogens (tertiary/aromatic N) is 4. The fourth-order valence-electron chi connectivity index (χ4n) is 10.5. The second-order valence-corrected chi connectivity index (χ2v) is 20.2. The van der Waals surface area contributed by atoms with Gasteiger partial charge in [0.15, 0.2) is 0 Å². The number of methoxy groups -OCH3 is 2. The fraction of sp³-hybridized carbons (Fsp3) is 0.433. The predicted molar refractivity (Wildman–Crippen MR) is 289 cm³/mol. The third-order valence-electron chi connectivity index (χ3n) is 14.8. The second kappa shape index (κ2) is 26.6. The Labute approximate surface area is 437 Å². The van der Waals surface area contributed by atoms with Crippen molar-refractivity contribution in [1.29, 1.82) is 0 Å². The van der Waals surface area contributed by atoms with Crippen LogP contribution in [0, 0.1) is 6.92 Å². The Hall–Kier alpha value is -7.22. The summed E-state index contributed by atoms with van der Waals surface area (Å²) < 4.78 is 10.5. The van der Waals surface area contributed by atoms with Gasteiger partial charge in [0, 0.05) is 86.5 Å². The number of unbranched alkanes of at least 4 members (excludes halogenated alkanes) is 3. The molecule has 74 heavy (non-hydrogen) atoms. The van der Waals surface area contributed by atoms with E-state index in [2.05, 4.69) is 99.9 Å². The van der Waals surface area contributed by atoms with Gasteiger partial charge in [-0.15, -0.1) is 0 Å². The van der Waals surface area contributed by atoms with E-state index in [9.17, 15) is 19.2 Å². The van der Waals surface area contributed by atoms with Crippen LogP contribution in [0.2, 0.25) is 0 Å². The topological polar surface area (TPSA) is 175 Å². The molecule has 2 aromatic heterocycles. The standard InChI is InChI=1S/C31H40N4O3.C29H36N4O3/c1-4-5-8-17-31(27-10-7-6-9-23(27)2)20-35(21-31)30(37)28(18-24-11-14-26(38-3)15-12-24)34-29(36)16-13-25-19-32-22-33-25;1-3-4-16-29(23-8-6-5-7-9-23)19-33(20-29)28(35)26(17-22-10-13-25(36-2)14-11-22)32-27(34)15-12-24-18-30-21-31-24/h6-7,9-12,14-15,19,22,28H,4-5,8,13,16-18,20-21H2,1-3H3,(H,32,33)(H,34,36);5-11,13-14,18,21,26H,3-4,12,15-17,19-20H2,1-2H3,(H,30,31)(H,32,34)/t28-;26-/m11/s1. The van der Waals surface area contributed by atoms with Crippen molar-refractivity contribution in [2.45, 2.75) is 127 Å². The number of nitrogens with one attached hydrogen (secondary N) is 4. The van der Waals surface area contributed by atoms with Gasteiger partial charge in [0.25, 0.3) is 0 Å². The predicted octanol–water partition coefficient (Wildman–Crippen LogP) is 8.80. The van der Waals surface area contributed by atoms with Crippen LogP contribution in [0.5, 0.6) is 11.5 Å². The van der Waals surface area contributed by atoms with Gasteiger partial charge in [-0.05, 0) is 84.7 Å². The highest BCUT2D eigenvalue weighted by molar-refractivity contribution is 5.89. The van der Waals surface area contributed by atoms with E-state index in [1.807, 2.05) is 64.4 Å². The first-order valence-electron chi connectivity index (χ1n) is 26.4. The zero-order chi connectivity index (χ0) is 52.3. The first kappa shape index (κ1) is 54.6. The van der Waals surface area contributed by atoms with Gasteiger partial charge >= 0.3 is 0 Å². The lowest BCUT2D eigenvalue weighted by molar-refractivity contribution is -0.144. The number of amides is 4. The molecule has 2 aliphatic heterocycles. The van der Waals surface area contributed by atoms with Crippen LogP contribution in [-0.2, 0) is 55.7 Å². The van der Waals surface area contributed by atoms with E-state index in [4.69, 9.17) is 9.47 Å². The molecule has 4 heterocycles. The smallest absolute Gasteiger partial charge is 0.245 e. The summed E-state index contributed by atoms with van der Waals surface area (Å²) >= 11 is 0. The molecule has 4 N–H and O–H groups in total. The lowest BCUT2D eigenvalue weighted by Crippen LogP contribution is -2.65. The minimum atomic E-state index is -0.622. The Morgan fingerprint density at radius 1 is 0.595 bits per heavy atom. The molecular formula is C60H76N8O6. The van der Waals surface area contributed by atoms with Crippen LogP contribution in [0.25, 0.3) is 0 Å². The first-order valence-corrected chi connectivity index (χ1v) is 26.4. The average molecular weight is 1010 g/mol. The molecule has 0 bridgehead atoms. The molecule has 0 unspecified atom stereocenters. The van der Waals surface area contributed by atoms with Gasteiger partial charge < -0.3 is 39.9 Å². The van der Waals surface area contributed by atoms with Crippen LogP contribution < -0.4 is 20.1 Å². The maximum absolute atomic E-state index is 13.8. The lowest BCUT2D eigenvalue weighted by atomic mass is 9.68. The van der Waals surface area contributed by atoms with Crippen molar-refractivity contribution in [3.63, 3.8) is 0 Å². The number of hydrogen-bond acceptors (Lipinski definition) is 8. The van der Waals surface area contributed by atoms with Crippen LogP contribution >= 0.6 is 0 Å². The summed E-state index contributed by atoms with van der Waals surface area (Å²) in [4.78, 5) is 71.1. The summed E-state index contributed by atoms with van der Waals surface area (Å²) in [7, 11) is 3.26. The van der Waals surface area contributed by atoms with E-state index < -0.39 is 12.1 Å². The van der Waals surface area contributed by atoms with Crippen molar-refractivity contribution in [2.24, 2.45) is 0 Å². The third-order valence-corrected chi connectivity index (χ3v) is 14.8. The summed E-state index contributed by atoms with van der Waals surface area (Å²) in [6, 6.07) is 33.1. The van der Waals surface area contributed by atoms with Gasteiger partial charge in [-0.3, -0.25) is 19.2 Å². The molecule has 392 valence electrons. The minimum Gasteiger partial charge on any atom is -0.497 e. The monoisotopic (exact) mass is 1000 g/mol. The first-order chi connectivity index (χ1) is 36.0. The summed E-state index contributed by atoms with van der Waals surface area (Å²) in [5, 5.41) is 6.06. The molecule has 0 radical (unpaired) electrons. The highest BCUT2D eigenvalue weighted by Gasteiger charge is 2.49. The van der Waals surface area contributed by atoms with Crippen molar-refractivity contribution in [1.82, 2.24) is 40.4 Å². The van der Waals surface area contributed by atoms with E-state index in [-0.39, 0.29) is 34.5 Å². The van der Waals surface area contributed by atoms with E-state index in [0.29, 0.717) is 64.7 Å². The van der Waals surface area contributed by atoms with Crippen LogP contribution in [0.3, 0.4) is 0 Å². The minimum absolute atomic E-state index is 0.0117. The number of H-pyrrole nitrogens is 2. The van der Waals surface area contributed by atoms with Gasteiger partial charge in [-0.1, -0.05) is 125 Å². The van der Waals surface area contributed by atoms with Crippen molar-refractivity contribution < 1.29 is 28.7 Å². The number of aromatic nitrogens is 4. The average Bonchev–Trinajstić information content (AvgIpc) is 4.14. The van der Waals surface area contributed by atoms with Crippen LogP contribution in [0.1, 0.15) is 111 Å². The van der Waals surface area contributed by atoms with E-state index >= 15 is 0 Å². The van der Waals surface area contributed by atoms with E-state index in [1.165, 1.54) is 29.5 Å². The van der Waals surface area contributed by atoms with Gasteiger partial charge in [-0.2, -0.15) is 0 Å². The molecule has 0 aliphatic carbocycles. The number of benzene rings is 4. The number of hydrogen-bond donors (Lipinski definition) is 4. The normalized spacial score (nSPS) is 15.0. The van der Waals surface area contributed by atoms with Crippen molar-refractivity contribution in [2.75, 3.05) is 40.4 Å². The number of aromatic amines is 2. The lowest BCUT2D eigenvalue weighted by Gasteiger charge is -2.52. The van der Waals surface area contributed by atoms with Crippen molar-refractivity contribution in [3.05, 3.63) is 167 Å². The zero-order valence-electron chi connectivity index (χ0n) is 44.0. The van der Waals surface area contributed by atoms with Crippen LogP contribution in [-0.4, -0.2) is 106 Å². The molecule has 0 spiro atoms. The van der Waals surface area contributed by atoms with Gasteiger partial charge in [-0.25, -0.2) is 9.97 Å². The SMILES string of the molecule is CCCCC1(c2ccccc2)CN(C(=O)[C@@H](Cc2ccc(OC)cc2)NC(=O)CCc2cnc[nH]2)C1.CCCCCC1(c2ccccc2C)CN(C(=O)[C@@H](Cc2ccc(OC)cc2)NC(=O)CCc2cnc[nH]2)C1. The number of imidazole rings is 2. The molecule has 0 saturated carbocycles. The Kier molecular flexibility index (Phi) is 19.6. The molecule has 4 aromatic carbocycles. The maximum atomic E-state index is 13.8. The number of aryl methyl sites for hydroxylation is 3. The van der Waals surface area contributed by atoms with Gasteiger partial charge in [0.1, 0.15) is 23.6 Å².